The molecule has 0 aromatic heterocycles. The Labute approximate surface area is 88.1 Å². The second-order valence-corrected chi connectivity index (χ2v) is 4.85. The van der Waals surface area contributed by atoms with Crippen LogP contribution in [-0.2, 0) is 0 Å². The van der Waals surface area contributed by atoms with E-state index < -0.39 is 0 Å². The van der Waals surface area contributed by atoms with E-state index in [4.69, 9.17) is 0 Å². The maximum Gasteiger partial charge on any atom is 0.0136 e. The zero-order valence-corrected chi connectivity index (χ0v) is 9.47. The predicted molar refractivity (Wildman–Crippen MR) is 60.5 cm³/mol. The molecule has 2 rings (SSSR count). The molecule has 82 valence electrons. The van der Waals surface area contributed by atoms with E-state index in [0.717, 1.165) is 12.0 Å². The van der Waals surface area contributed by atoms with Crippen molar-refractivity contribution in [1.29, 1.82) is 0 Å². The Morgan fingerprint density at radius 3 is 2.93 bits per heavy atom. The third-order valence-electron chi connectivity index (χ3n) is 3.80. The lowest BCUT2D eigenvalue weighted by molar-refractivity contribution is 0.166. The van der Waals surface area contributed by atoms with E-state index in [9.17, 15) is 0 Å². The average Bonchev–Trinajstić information content (AvgIpc) is 2.68. The van der Waals surface area contributed by atoms with Crippen molar-refractivity contribution in [1.82, 2.24) is 10.2 Å². The van der Waals surface area contributed by atoms with E-state index in [0.29, 0.717) is 0 Å². The van der Waals surface area contributed by atoms with Gasteiger partial charge >= 0.3 is 0 Å². The Morgan fingerprint density at radius 2 is 2.21 bits per heavy atom. The lowest BCUT2D eigenvalue weighted by atomic mass is 9.90. The Balaban J connectivity index is 1.87. The molecule has 2 aliphatic heterocycles. The first-order valence-electron chi connectivity index (χ1n) is 6.36. The van der Waals surface area contributed by atoms with Crippen molar-refractivity contribution >= 4 is 0 Å². The van der Waals surface area contributed by atoms with Gasteiger partial charge in [0.05, 0.1) is 0 Å². The van der Waals surface area contributed by atoms with Crippen molar-refractivity contribution < 1.29 is 0 Å². The molecular formula is C12H24N2. The van der Waals surface area contributed by atoms with Crippen molar-refractivity contribution in [3.05, 3.63) is 0 Å². The van der Waals surface area contributed by atoms with E-state index in [2.05, 4.69) is 17.1 Å². The molecule has 0 aliphatic carbocycles. The van der Waals surface area contributed by atoms with Gasteiger partial charge in [-0.25, -0.2) is 0 Å². The average molecular weight is 196 g/mol. The molecule has 0 aromatic rings. The first-order valence-corrected chi connectivity index (χ1v) is 6.36. The fourth-order valence-corrected chi connectivity index (χ4v) is 3.16. The summed E-state index contributed by atoms with van der Waals surface area (Å²) in [5, 5.41) is 3.55. The van der Waals surface area contributed by atoms with Gasteiger partial charge in [-0.1, -0.05) is 6.92 Å². The topological polar surface area (TPSA) is 15.3 Å². The maximum atomic E-state index is 3.55. The number of hydrogen-bond acceptors (Lipinski definition) is 2. The molecule has 2 unspecified atom stereocenters. The standard InChI is InChI=1S/C12H24N2/c1-2-8-14-9-4-6-12(14)11-5-3-7-13-10-11/h11-13H,2-10H2,1H3. The van der Waals surface area contributed by atoms with Crippen molar-refractivity contribution in [3.63, 3.8) is 0 Å². The van der Waals surface area contributed by atoms with Crippen LogP contribution in [0.5, 0.6) is 0 Å². The minimum Gasteiger partial charge on any atom is -0.316 e. The Hall–Kier alpha value is -0.0800. The fraction of sp³-hybridized carbons (Fsp3) is 1.00. The van der Waals surface area contributed by atoms with Crippen LogP contribution in [0.2, 0.25) is 0 Å². The molecule has 2 atom stereocenters. The van der Waals surface area contributed by atoms with E-state index in [-0.39, 0.29) is 0 Å². The molecule has 0 aromatic carbocycles. The van der Waals surface area contributed by atoms with Gasteiger partial charge in [0, 0.05) is 6.04 Å². The van der Waals surface area contributed by atoms with E-state index >= 15 is 0 Å². The summed E-state index contributed by atoms with van der Waals surface area (Å²) in [5.74, 6) is 0.942. The summed E-state index contributed by atoms with van der Waals surface area (Å²) < 4.78 is 0. The molecule has 2 saturated heterocycles. The highest BCUT2D eigenvalue weighted by Crippen LogP contribution is 2.27. The smallest absolute Gasteiger partial charge is 0.0136 e. The monoisotopic (exact) mass is 196 g/mol. The first-order chi connectivity index (χ1) is 6.92. The summed E-state index contributed by atoms with van der Waals surface area (Å²) in [4.78, 5) is 2.73. The predicted octanol–water partition coefficient (Wildman–Crippen LogP) is 1.86. The largest absolute Gasteiger partial charge is 0.316 e. The number of piperidine rings is 1. The summed E-state index contributed by atoms with van der Waals surface area (Å²) >= 11 is 0. The van der Waals surface area contributed by atoms with Crippen molar-refractivity contribution in [2.75, 3.05) is 26.2 Å². The zero-order chi connectivity index (χ0) is 9.80. The van der Waals surface area contributed by atoms with Gasteiger partial charge in [-0.05, 0) is 64.2 Å². The second-order valence-electron chi connectivity index (χ2n) is 4.85. The Kier molecular flexibility index (Phi) is 3.82. The van der Waals surface area contributed by atoms with Crippen LogP contribution >= 0.6 is 0 Å². The molecule has 2 heteroatoms. The molecule has 2 heterocycles. The molecule has 0 bridgehead atoms. The van der Waals surface area contributed by atoms with Crippen LogP contribution in [0.25, 0.3) is 0 Å². The van der Waals surface area contributed by atoms with Crippen molar-refractivity contribution in [3.8, 4) is 0 Å². The van der Waals surface area contributed by atoms with Gasteiger partial charge < -0.3 is 10.2 Å². The lowest BCUT2D eigenvalue weighted by Crippen LogP contribution is -2.43. The molecule has 2 nitrogen and oxygen atoms in total. The molecule has 1 N–H and O–H groups in total. The van der Waals surface area contributed by atoms with E-state index in [1.165, 1.54) is 58.3 Å². The summed E-state index contributed by atoms with van der Waals surface area (Å²) in [5.41, 5.74) is 0. The molecule has 0 saturated carbocycles. The molecule has 2 aliphatic rings. The van der Waals surface area contributed by atoms with Gasteiger partial charge in [0.2, 0.25) is 0 Å². The lowest BCUT2D eigenvalue weighted by Gasteiger charge is -2.34. The van der Waals surface area contributed by atoms with Crippen molar-refractivity contribution in [2.45, 2.75) is 45.1 Å². The molecule has 2 fully saturated rings. The van der Waals surface area contributed by atoms with Gasteiger partial charge in [0.1, 0.15) is 0 Å². The zero-order valence-electron chi connectivity index (χ0n) is 9.47. The third-order valence-corrected chi connectivity index (χ3v) is 3.80. The molecule has 0 spiro atoms. The summed E-state index contributed by atoms with van der Waals surface area (Å²) in [6.07, 6.45) is 7.04. The van der Waals surface area contributed by atoms with Gasteiger partial charge in [0.25, 0.3) is 0 Å². The normalized spacial score (nSPS) is 34.9. The number of likely N-dealkylation sites (tertiary alicyclic amines) is 1. The summed E-state index contributed by atoms with van der Waals surface area (Å²) in [6.45, 7) is 7.49. The fourth-order valence-electron chi connectivity index (χ4n) is 3.16. The van der Waals surface area contributed by atoms with Crippen LogP contribution in [-0.4, -0.2) is 37.1 Å². The molecule has 0 amide bonds. The van der Waals surface area contributed by atoms with Crippen LogP contribution in [0.3, 0.4) is 0 Å². The number of nitrogens with one attached hydrogen (secondary N) is 1. The van der Waals surface area contributed by atoms with Crippen LogP contribution in [0.1, 0.15) is 39.0 Å². The van der Waals surface area contributed by atoms with Gasteiger partial charge in [-0.15, -0.1) is 0 Å². The molecule has 0 radical (unpaired) electrons. The highest BCUT2D eigenvalue weighted by molar-refractivity contribution is 4.87. The van der Waals surface area contributed by atoms with Gasteiger partial charge in [0.15, 0.2) is 0 Å². The number of hydrogen-bond donors (Lipinski definition) is 1. The van der Waals surface area contributed by atoms with Gasteiger partial charge in [-0.3, -0.25) is 0 Å². The quantitative estimate of drug-likeness (QED) is 0.741. The van der Waals surface area contributed by atoms with Crippen molar-refractivity contribution in [2.24, 2.45) is 5.92 Å². The second kappa shape index (κ2) is 5.13. The van der Waals surface area contributed by atoms with Crippen LogP contribution in [0, 0.1) is 5.92 Å². The highest BCUT2D eigenvalue weighted by atomic mass is 15.2. The molecular weight excluding hydrogens is 172 g/mol. The minimum atomic E-state index is 0.905. The van der Waals surface area contributed by atoms with Crippen LogP contribution in [0.15, 0.2) is 0 Å². The summed E-state index contributed by atoms with van der Waals surface area (Å²) in [7, 11) is 0. The molecule has 14 heavy (non-hydrogen) atoms. The van der Waals surface area contributed by atoms with Crippen LogP contribution in [0.4, 0.5) is 0 Å². The third kappa shape index (κ3) is 2.29. The Morgan fingerprint density at radius 1 is 1.29 bits per heavy atom. The Bertz CT molecular complexity index is 164. The van der Waals surface area contributed by atoms with Gasteiger partial charge in [-0.2, -0.15) is 0 Å². The SMILES string of the molecule is CCCN1CCCC1C1CCCNC1. The first kappa shape index (κ1) is 10.4. The van der Waals surface area contributed by atoms with E-state index in [1.807, 2.05) is 0 Å². The maximum absolute atomic E-state index is 3.55. The number of nitrogens with zero attached hydrogens (tertiary/aromatic N) is 1. The summed E-state index contributed by atoms with van der Waals surface area (Å²) in [6, 6.07) is 0.905. The van der Waals surface area contributed by atoms with Crippen LogP contribution < -0.4 is 5.32 Å². The minimum absolute atomic E-state index is 0.905. The number of rotatable bonds is 3. The highest BCUT2D eigenvalue weighted by Gasteiger charge is 2.31. The van der Waals surface area contributed by atoms with E-state index in [1.54, 1.807) is 0 Å².